The smallest absolute Gasteiger partial charge is 0.338 e. The molecule has 0 amide bonds. The standard InChI is InChI=1S/C16H16O2S3/c1-16(2,3)18-15(17)12-7-4-11(5-8-12)6-9-13-10-14(19)21-20-13/h4-10H,1-3H3. The van der Waals surface area contributed by atoms with E-state index in [2.05, 4.69) is 0 Å². The summed E-state index contributed by atoms with van der Waals surface area (Å²) in [5, 5.41) is 0. The Kier molecular flexibility index (Phi) is 5.08. The Balaban J connectivity index is 2.07. The third-order valence-electron chi connectivity index (χ3n) is 2.47. The van der Waals surface area contributed by atoms with Crippen LogP contribution < -0.4 is 0 Å². The number of ether oxygens (including phenoxy) is 1. The van der Waals surface area contributed by atoms with E-state index in [-0.39, 0.29) is 5.97 Å². The number of rotatable bonds is 3. The van der Waals surface area contributed by atoms with Gasteiger partial charge in [-0.3, -0.25) is 0 Å². The molecule has 0 aliphatic rings. The number of hydrogen-bond donors (Lipinski definition) is 0. The maximum absolute atomic E-state index is 11.9. The molecule has 0 saturated heterocycles. The minimum absolute atomic E-state index is 0.297. The number of carbonyl (C=O) groups excluding carboxylic acids is 1. The Morgan fingerprint density at radius 3 is 2.33 bits per heavy atom. The SMILES string of the molecule is CC(C)(C)OC(=O)c1ccc(C=Cc2cc(=S)ss2)cc1. The molecule has 2 aromatic rings. The summed E-state index contributed by atoms with van der Waals surface area (Å²) in [4.78, 5) is 13.0. The van der Waals surface area contributed by atoms with Crippen LogP contribution in [-0.4, -0.2) is 11.6 Å². The van der Waals surface area contributed by atoms with Crippen molar-refractivity contribution in [2.24, 2.45) is 0 Å². The Morgan fingerprint density at radius 1 is 1.14 bits per heavy atom. The first-order valence-electron chi connectivity index (χ1n) is 6.45. The van der Waals surface area contributed by atoms with Crippen molar-refractivity contribution in [3.8, 4) is 0 Å². The molecule has 0 unspecified atom stereocenters. The Hall–Kier alpha value is -1.30. The fraction of sp³-hybridized carbons (Fsp3) is 0.250. The predicted octanol–water partition coefficient (Wildman–Crippen LogP) is 5.66. The number of carbonyl (C=O) groups is 1. The molecule has 0 N–H and O–H groups in total. The molecule has 0 atom stereocenters. The minimum Gasteiger partial charge on any atom is -0.456 e. The maximum Gasteiger partial charge on any atom is 0.338 e. The molecule has 110 valence electrons. The third-order valence-corrected chi connectivity index (χ3v) is 5.33. The van der Waals surface area contributed by atoms with E-state index in [1.54, 1.807) is 32.8 Å². The van der Waals surface area contributed by atoms with Gasteiger partial charge in [0.2, 0.25) is 0 Å². The lowest BCUT2D eigenvalue weighted by Gasteiger charge is -2.19. The average molecular weight is 337 g/mol. The molecule has 0 saturated carbocycles. The van der Waals surface area contributed by atoms with E-state index in [9.17, 15) is 4.79 Å². The lowest BCUT2D eigenvalue weighted by atomic mass is 10.1. The van der Waals surface area contributed by atoms with E-state index < -0.39 is 5.60 Å². The van der Waals surface area contributed by atoms with Gasteiger partial charge in [-0.05, 0) is 50.6 Å². The molecule has 2 nitrogen and oxygen atoms in total. The molecule has 0 fully saturated rings. The first kappa shape index (κ1) is 16.1. The van der Waals surface area contributed by atoms with Crippen molar-refractivity contribution in [2.45, 2.75) is 26.4 Å². The van der Waals surface area contributed by atoms with Crippen molar-refractivity contribution in [1.29, 1.82) is 0 Å². The molecule has 0 aliphatic heterocycles. The molecule has 5 heteroatoms. The second-order valence-corrected chi connectivity index (χ2v) is 8.43. The van der Waals surface area contributed by atoms with Gasteiger partial charge in [-0.1, -0.05) is 51.1 Å². The van der Waals surface area contributed by atoms with Crippen LogP contribution in [0.3, 0.4) is 0 Å². The second-order valence-electron chi connectivity index (χ2n) is 5.49. The van der Waals surface area contributed by atoms with Gasteiger partial charge in [0.05, 0.1) is 5.56 Å². The second kappa shape index (κ2) is 6.64. The molecule has 1 heterocycles. The zero-order chi connectivity index (χ0) is 15.5. The molecule has 2 rings (SSSR count). The van der Waals surface area contributed by atoms with Crippen molar-refractivity contribution in [3.05, 3.63) is 50.2 Å². The van der Waals surface area contributed by atoms with Crippen LogP contribution in [0.15, 0.2) is 30.3 Å². The van der Waals surface area contributed by atoms with E-state index in [0.717, 1.165) is 14.3 Å². The minimum atomic E-state index is -0.474. The summed E-state index contributed by atoms with van der Waals surface area (Å²) in [5.74, 6) is -0.297. The molecule has 1 aromatic heterocycles. The summed E-state index contributed by atoms with van der Waals surface area (Å²) in [6.45, 7) is 5.58. The van der Waals surface area contributed by atoms with E-state index in [1.807, 2.05) is 51.1 Å². The van der Waals surface area contributed by atoms with Gasteiger partial charge < -0.3 is 4.74 Å². The summed E-state index contributed by atoms with van der Waals surface area (Å²) in [6.07, 6.45) is 4.03. The molecular weight excluding hydrogens is 320 g/mol. The van der Waals surface area contributed by atoms with Gasteiger partial charge in [0, 0.05) is 4.88 Å². The molecular formula is C16H16O2S3. The number of esters is 1. The first-order valence-corrected chi connectivity index (χ1v) is 9.01. The molecule has 21 heavy (non-hydrogen) atoms. The van der Waals surface area contributed by atoms with Crippen LogP contribution in [0, 0.1) is 3.82 Å². The molecule has 1 aromatic carbocycles. The highest BCUT2D eigenvalue weighted by Gasteiger charge is 2.17. The monoisotopic (exact) mass is 336 g/mol. The van der Waals surface area contributed by atoms with Crippen LogP contribution in [0.4, 0.5) is 0 Å². The lowest BCUT2D eigenvalue weighted by Crippen LogP contribution is -2.23. The van der Waals surface area contributed by atoms with E-state index in [1.165, 1.54) is 0 Å². The zero-order valence-electron chi connectivity index (χ0n) is 12.1. The summed E-state index contributed by atoms with van der Waals surface area (Å²) in [7, 11) is 3.25. The van der Waals surface area contributed by atoms with Crippen LogP contribution >= 0.6 is 32.9 Å². The van der Waals surface area contributed by atoms with Gasteiger partial charge in [-0.15, -0.1) is 0 Å². The average Bonchev–Trinajstić information content (AvgIpc) is 2.81. The summed E-state index contributed by atoms with van der Waals surface area (Å²) in [5.41, 5.74) is 1.12. The topological polar surface area (TPSA) is 26.3 Å². The van der Waals surface area contributed by atoms with E-state index in [4.69, 9.17) is 17.0 Å². The summed E-state index contributed by atoms with van der Waals surface area (Å²) < 4.78 is 6.23. The highest BCUT2D eigenvalue weighted by atomic mass is 32.9. The fourth-order valence-electron chi connectivity index (χ4n) is 1.58. The maximum atomic E-state index is 11.9. The fourth-order valence-corrected chi connectivity index (χ4v) is 3.79. The van der Waals surface area contributed by atoms with Gasteiger partial charge in [0.1, 0.15) is 9.42 Å². The lowest BCUT2D eigenvalue weighted by molar-refractivity contribution is 0.00695. The van der Waals surface area contributed by atoms with Crippen molar-refractivity contribution in [1.82, 2.24) is 0 Å². The summed E-state index contributed by atoms with van der Waals surface area (Å²) in [6, 6.07) is 9.35. The Labute approximate surface area is 137 Å². The molecule has 0 bridgehead atoms. The highest BCUT2D eigenvalue weighted by Crippen LogP contribution is 2.20. The van der Waals surface area contributed by atoms with Gasteiger partial charge in [0.25, 0.3) is 0 Å². The Morgan fingerprint density at radius 2 is 1.81 bits per heavy atom. The van der Waals surface area contributed by atoms with Crippen molar-refractivity contribution < 1.29 is 9.53 Å². The third kappa shape index (κ3) is 5.19. The largest absolute Gasteiger partial charge is 0.456 e. The van der Waals surface area contributed by atoms with Gasteiger partial charge in [0.15, 0.2) is 0 Å². The van der Waals surface area contributed by atoms with E-state index in [0.29, 0.717) is 5.56 Å². The predicted molar refractivity (Wildman–Crippen MR) is 93.6 cm³/mol. The highest BCUT2D eigenvalue weighted by molar-refractivity contribution is 7.79. The van der Waals surface area contributed by atoms with Crippen LogP contribution in [0.5, 0.6) is 0 Å². The van der Waals surface area contributed by atoms with Crippen LogP contribution in [-0.2, 0) is 4.74 Å². The van der Waals surface area contributed by atoms with Crippen LogP contribution in [0.1, 0.15) is 41.6 Å². The number of hydrogen-bond acceptors (Lipinski definition) is 5. The van der Waals surface area contributed by atoms with Crippen molar-refractivity contribution in [2.75, 3.05) is 0 Å². The van der Waals surface area contributed by atoms with E-state index >= 15 is 0 Å². The Bertz CT molecular complexity index is 700. The normalized spacial score (nSPS) is 11.8. The van der Waals surface area contributed by atoms with Crippen molar-refractivity contribution in [3.63, 3.8) is 0 Å². The van der Waals surface area contributed by atoms with Crippen LogP contribution in [0.2, 0.25) is 0 Å². The number of benzene rings is 1. The first-order chi connectivity index (χ1) is 9.83. The van der Waals surface area contributed by atoms with Gasteiger partial charge >= 0.3 is 5.97 Å². The molecule has 0 spiro atoms. The quantitative estimate of drug-likeness (QED) is 0.411. The molecule has 0 radical (unpaired) electrons. The summed E-state index contributed by atoms with van der Waals surface area (Å²) >= 11 is 5.10. The van der Waals surface area contributed by atoms with Crippen molar-refractivity contribution >= 4 is 51.0 Å². The zero-order valence-corrected chi connectivity index (χ0v) is 14.5. The molecule has 0 aliphatic carbocycles. The van der Waals surface area contributed by atoms with Gasteiger partial charge in [-0.25, -0.2) is 4.79 Å². The van der Waals surface area contributed by atoms with Gasteiger partial charge in [-0.2, -0.15) is 0 Å². The van der Waals surface area contributed by atoms with Crippen LogP contribution in [0.25, 0.3) is 12.2 Å².